The Morgan fingerprint density at radius 1 is 1.28 bits per heavy atom. The van der Waals surface area contributed by atoms with Crippen LogP contribution >= 0.6 is 0 Å². The highest BCUT2D eigenvalue weighted by molar-refractivity contribution is 7.91. The summed E-state index contributed by atoms with van der Waals surface area (Å²) in [6.45, 7) is 1.78. The van der Waals surface area contributed by atoms with Crippen molar-refractivity contribution in [1.29, 1.82) is 0 Å². The van der Waals surface area contributed by atoms with E-state index in [0.717, 1.165) is 32.4 Å². The van der Waals surface area contributed by atoms with Gasteiger partial charge in [-0.25, -0.2) is 8.42 Å². The van der Waals surface area contributed by atoms with Gasteiger partial charge < -0.3 is 9.84 Å². The van der Waals surface area contributed by atoms with Crippen LogP contribution in [-0.2, 0) is 9.84 Å². The Balaban J connectivity index is 1.83. The van der Waals surface area contributed by atoms with E-state index in [2.05, 4.69) is 15.5 Å². The van der Waals surface area contributed by atoms with Crippen molar-refractivity contribution in [3.63, 3.8) is 0 Å². The van der Waals surface area contributed by atoms with Crippen molar-refractivity contribution in [3.05, 3.63) is 11.7 Å². The Kier molecular flexibility index (Phi) is 3.11. The lowest BCUT2D eigenvalue weighted by Gasteiger charge is -2.18. The minimum atomic E-state index is -3.09. The quantitative estimate of drug-likeness (QED) is 0.856. The summed E-state index contributed by atoms with van der Waals surface area (Å²) in [6, 6.07) is 0. The molecule has 0 saturated carbocycles. The van der Waals surface area contributed by atoms with Gasteiger partial charge in [0.2, 0.25) is 5.89 Å². The molecular formula is C11H17N3O3S. The third-order valence-corrected chi connectivity index (χ3v) is 5.90. The molecule has 2 saturated heterocycles. The number of sulfone groups is 1. The molecule has 0 spiro atoms. The van der Waals surface area contributed by atoms with Gasteiger partial charge in [0.25, 0.3) is 0 Å². The molecular weight excluding hydrogens is 254 g/mol. The van der Waals surface area contributed by atoms with Gasteiger partial charge in [0, 0.05) is 6.54 Å². The van der Waals surface area contributed by atoms with Crippen LogP contribution in [0.1, 0.15) is 48.6 Å². The summed E-state index contributed by atoms with van der Waals surface area (Å²) in [6.07, 6.45) is 3.25. The summed E-state index contributed by atoms with van der Waals surface area (Å²) < 4.78 is 29.2. The Bertz CT molecular complexity index is 519. The van der Waals surface area contributed by atoms with Crippen molar-refractivity contribution >= 4 is 9.84 Å². The molecule has 1 N–H and O–H groups in total. The van der Waals surface area contributed by atoms with Crippen LogP contribution in [-0.4, -0.2) is 37.4 Å². The largest absolute Gasteiger partial charge is 0.339 e. The third kappa shape index (κ3) is 2.16. The summed E-state index contributed by atoms with van der Waals surface area (Å²) in [5, 5.41) is 6.56. The number of rotatable bonds is 2. The molecule has 1 aromatic rings. The van der Waals surface area contributed by atoms with Crippen LogP contribution in [0.15, 0.2) is 4.52 Å². The van der Waals surface area contributed by atoms with Crippen molar-refractivity contribution in [1.82, 2.24) is 15.5 Å². The molecule has 7 heteroatoms. The first-order chi connectivity index (χ1) is 8.67. The zero-order chi connectivity index (χ0) is 12.6. The van der Waals surface area contributed by atoms with Gasteiger partial charge in [0.05, 0.1) is 11.7 Å². The first kappa shape index (κ1) is 12.1. The minimum Gasteiger partial charge on any atom is -0.339 e. The molecule has 1 aromatic heterocycles. The molecule has 0 amide bonds. The molecule has 6 nitrogen and oxygen atoms in total. The summed E-state index contributed by atoms with van der Waals surface area (Å²) in [4.78, 5) is 4.31. The highest BCUT2D eigenvalue weighted by atomic mass is 32.2. The Labute approximate surface area is 106 Å². The second kappa shape index (κ2) is 4.62. The van der Waals surface area contributed by atoms with Gasteiger partial charge in [0.1, 0.15) is 5.25 Å². The molecule has 100 valence electrons. The number of hydrogen-bond acceptors (Lipinski definition) is 6. The van der Waals surface area contributed by atoms with E-state index in [1.54, 1.807) is 0 Å². The maximum atomic E-state index is 12.0. The standard InChI is InChI=1S/C11H17N3O3S/c15-18(16)6-2-1-3-9(18)10-13-11(17-14-10)8-4-5-12-7-8/h8-9,12H,1-7H2. The molecule has 3 rings (SSSR count). The van der Waals surface area contributed by atoms with E-state index in [0.29, 0.717) is 18.1 Å². The lowest BCUT2D eigenvalue weighted by molar-refractivity contribution is 0.353. The van der Waals surface area contributed by atoms with E-state index in [4.69, 9.17) is 4.52 Å². The van der Waals surface area contributed by atoms with Gasteiger partial charge in [-0.1, -0.05) is 11.6 Å². The Morgan fingerprint density at radius 2 is 2.17 bits per heavy atom. The lowest BCUT2D eigenvalue weighted by atomic mass is 10.1. The predicted octanol–water partition coefficient (Wildman–Crippen LogP) is 0.786. The molecule has 2 atom stereocenters. The van der Waals surface area contributed by atoms with Crippen LogP contribution in [0.25, 0.3) is 0 Å². The molecule has 2 fully saturated rings. The van der Waals surface area contributed by atoms with E-state index in [1.165, 1.54) is 0 Å². The van der Waals surface area contributed by atoms with Crippen LogP contribution in [0, 0.1) is 0 Å². The molecule has 0 radical (unpaired) electrons. The Morgan fingerprint density at radius 3 is 2.89 bits per heavy atom. The first-order valence-electron chi connectivity index (χ1n) is 6.42. The summed E-state index contributed by atoms with van der Waals surface area (Å²) in [5.41, 5.74) is 0. The second-order valence-corrected chi connectivity index (χ2v) is 7.33. The summed E-state index contributed by atoms with van der Waals surface area (Å²) in [5.74, 6) is 1.41. The fraction of sp³-hybridized carbons (Fsp3) is 0.818. The molecule has 0 aliphatic carbocycles. The monoisotopic (exact) mass is 271 g/mol. The van der Waals surface area contributed by atoms with E-state index < -0.39 is 15.1 Å². The molecule has 0 aromatic carbocycles. The molecule has 3 heterocycles. The Hall–Kier alpha value is -0.950. The second-order valence-electron chi connectivity index (χ2n) is 5.03. The van der Waals surface area contributed by atoms with E-state index in [9.17, 15) is 8.42 Å². The zero-order valence-corrected chi connectivity index (χ0v) is 10.9. The molecule has 2 aliphatic rings. The topological polar surface area (TPSA) is 85.1 Å². The van der Waals surface area contributed by atoms with Crippen molar-refractivity contribution in [2.45, 2.75) is 36.9 Å². The summed E-state index contributed by atoms with van der Waals surface area (Å²) in [7, 11) is -3.09. The fourth-order valence-electron chi connectivity index (χ4n) is 2.65. The van der Waals surface area contributed by atoms with Gasteiger partial charge >= 0.3 is 0 Å². The highest BCUT2D eigenvalue weighted by Gasteiger charge is 2.35. The van der Waals surface area contributed by atoms with Gasteiger partial charge in [-0.2, -0.15) is 4.98 Å². The van der Waals surface area contributed by atoms with E-state index in [1.807, 2.05) is 0 Å². The lowest BCUT2D eigenvalue weighted by Crippen LogP contribution is -2.22. The van der Waals surface area contributed by atoms with E-state index in [-0.39, 0.29) is 11.7 Å². The highest BCUT2D eigenvalue weighted by Crippen LogP contribution is 2.32. The van der Waals surface area contributed by atoms with Crippen LogP contribution < -0.4 is 5.32 Å². The average Bonchev–Trinajstić information content (AvgIpc) is 2.99. The molecule has 2 unspecified atom stereocenters. The number of nitrogens with zero attached hydrogens (tertiary/aromatic N) is 2. The normalized spacial score (nSPS) is 31.6. The molecule has 18 heavy (non-hydrogen) atoms. The maximum Gasteiger partial charge on any atom is 0.231 e. The van der Waals surface area contributed by atoms with Crippen LogP contribution in [0.5, 0.6) is 0 Å². The van der Waals surface area contributed by atoms with Gasteiger partial charge in [-0.3, -0.25) is 0 Å². The van der Waals surface area contributed by atoms with Crippen LogP contribution in [0.4, 0.5) is 0 Å². The number of hydrogen-bond donors (Lipinski definition) is 1. The van der Waals surface area contributed by atoms with Crippen molar-refractivity contribution in [3.8, 4) is 0 Å². The number of aromatic nitrogens is 2. The van der Waals surface area contributed by atoms with Crippen LogP contribution in [0.2, 0.25) is 0 Å². The molecule has 2 aliphatic heterocycles. The van der Waals surface area contributed by atoms with Gasteiger partial charge in [0.15, 0.2) is 15.7 Å². The summed E-state index contributed by atoms with van der Waals surface area (Å²) >= 11 is 0. The fourth-order valence-corrected chi connectivity index (χ4v) is 4.49. The van der Waals surface area contributed by atoms with Crippen molar-refractivity contribution < 1.29 is 12.9 Å². The first-order valence-corrected chi connectivity index (χ1v) is 8.14. The average molecular weight is 271 g/mol. The minimum absolute atomic E-state index is 0.234. The SMILES string of the molecule is O=S1(=O)CCCCC1c1noc(C2CCNC2)n1. The smallest absolute Gasteiger partial charge is 0.231 e. The molecule has 0 bridgehead atoms. The van der Waals surface area contributed by atoms with Crippen molar-refractivity contribution in [2.75, 3.05) is 18.8 Å². The van der Waals surface area contributed by atoms with Gasteiger partial charge in [-0.15, -0.1) is 0 Å². The van der Waals surface area contributed by atoms with Crippen molar-refractivity contribution in [2.24, 2.45) is 0 Å². The van der Waals surface area contributed by atoms with Crippen LogP contribution in [0.3, 0.4) is 0 Å². The third-order valence-electron chi connectivity index (χ3n) is 3.73. The number of nitrogens with one attached hydrogen (secondary N) is 1. The zero-order valence-electron chi connectivity index (χ0n) is 10.1. The van der Waals surface area contributed by atoms with E-state index >= 15 is 0 Å². The van der Waals surface area contributed by atoms with Gasteiger partial charge in [-0.05, 0) is 25.8 Å². The predicted molar refractivity (Wildman–Crippen MR) is 64.9 cm³/mol. The maximum absolute atomic E-state index is 12.0.